The van der Waals surface area contributed by atoms with E-state index in [4.69, 9.17) is 0 Å². The summed E-state index contributed by atoms with van der Waals surface area (Å²) in [6.45, 7) is 0. The van der Waals surface area contributed by atoms with Gasteiger partial charge in [0.1, 0.15) is 11.6 Å². The average molecular weight is 703 g/mol. The van der Waals surface area contributed by atoms with Gasteiger partial charge in [-0.2, -0.15) is 26.3 Å². The Hall–Kier alpha value is -4.25. The fraction of sp³-hybridized carbons (Fsp3) is 0.263. The normalized spacial score (nSPS) is 15.8. The molecule has 0 bridgehead atoms. The molecule has 0 N–H and O–H groups in total. The number of alkyl halides is 6. The highest BCUT2D eigenvalue weighted by Crippen LogP contribution is 2.43. The Morgan fingerprint density at radius 1 is 0.490 bits per heavy atom. The zero-order chi connectivity index (χ0) is 35.1. The van der Waals surface area contributed by atoms with Crippen molar-refractivity contribution in [3.63, 3.8) is 0 Å². The Kier molecular flexibility index (Phi) is 9.34. The molecule has 0 heterocycles. The summed E-state index contributed by atoms with van der Waals surface area (Å²) in [6, 6.07) is 18.1. The van der Waals surface area contributed by atoms with E-state index in [1.54, 1.807) is 24.3 Å². The van der Waals surface area contributed by atoms with Crippen LogP contribution in [-0.2, 0) is 33.7 Å². The van der Waals surface area contributed by atoms with Gasteiger partial charge in [-0.15, -0.1) is 0 Å². The van der Waals surface area contributed by atoms with Crippen molar-refractivity contribution in [1.82, 2.24) is 0 Å². The lowest BCUT2D eigenvalue weighted by Crippen LogP contribution is -2.10. The van der Waals surface area contributed by atoms with E-state index in [1.165, 1.54) is 36.4 Å². The lowest BCUT2D eigenvalue weighted by atomic mass is 9.95. The van der Waals surface area contributed by atoms with E-state index in [9.17, 15) is 34.8 Å². The Morgan fingerprint density at radius 3 is 1.16 bits per heavy atom. The predicted molar refractivity (Wildman–Crippen MR) is 173 cm³/mol. The van der Waals surface area contributed by atoms with Crippen molar-refractivity contribution in [2.24, 2.45) is 0 Å². The summed E-state index contributed by atoms with van der Waals surface area (Å²) < 4.78 is 137. The van der Waals surface area contributed by atoms with E-state index in [2.05, 4.69) is 0 Å². The molecule has 0 fully saturated rings. The fourth-order valence-corrected chi connectivity index (χ4v) is 8.28. The van der Waals surface area contributed by atoms with Crippen LogP contribution in [0.3, 0.4) is 0 Å². The van der Waals surface area contributed by atoms with E-state index in [-0.39, 0.29) is 11.1 Å². The van der Waals surface area contributed by atoms with Crippen LogP contribution in [0.25, 0.3) is 22.3 Å². The number of benzene rings is 4. The van der Waals surface area contributed by atoms with Crippen LogP contribution in [0, 0.1) is 11.6 Å². The largest absolute Gasteiger partial charge is 0.416 e. The monoisotopic (exact) mass is 702 g/mol. The van der Waals surface area contributed by atoms with Gasteiger partial charge in [-0.1, -0.05) is 48.5 Å². The number of hydrogen-bond acceptors (Lipinski definition) is 2. The van der Waals surface area contributed by atoms with Crippen molar-refractivity contribution in [2.75, 3.05) is 0 Å². The quantitative estimate of drug-likeness (QED) is 0.171. The van der Waals surface area contributed by atoms with Crippen LogP contribution in [0.5, 0.6) is 0 Å². The molecule has 0 unspecified atom stereocenters. The third-order valence-electron chi connectivity index (χ3n) is 9.07. The van der Waals surface area contributed by atoms with E-state index in [0.29, 0.717) is 83.1 Å². The van der Waals surface area contributed by atoms with Crippen LogP contribution in [0.15, 0.2) is 84.9 Å². The molecule has 2 nitrogen and oxygen atoms in total. The van der Waals surface area contributed by atoms with Crippen LogP contribution in [0.4, 0.5) is 35.1 Å². The second kappa shape index (κ2) is 13.2. The molecule has 0 aromatic heterocycles. The molecule has 0 atom stereocenters. The van der Waals surface area contributed by atoms with Crippen LogP contribution in [-0.4, -0.2) is 8.42 Å². The van der Waals surface area contributed by atoms with Gasteiger partial charge in [-0.05, 0) is 119 Å². The van der Waals surface area contributed by atoms with Gasteiger partial charge in [0.15, 0.2) is 9.84 Å². The summed E-state index contributed by atoms with van der Waals surface area (Å²) in [4.78, 5) is 0. The molecule has 49 heavy (non-hydrogen) atoms. The fourth-order valence-electron chi connectivity index (χ4n) is 6.76. The summed E-state index contributed by atoms with van der Waals surface area (Å²) in [6.07, 6.45) is -5.59. The molecule has 4 aromatic carbocycles. The second-order valence-corrected chi connectivity index (χ2v) is 14.5. The van der Waals surface area contributed by atoms with E-state index in [1.807, 2.05) is 0 Å². The van der Waals surface area contributed by atoms with Crippen LogP contribution in [0.2, 0.25) is 0 Å². The van der Waals surface area contributed by atoms with Gasteiger partial charge in [0.2, 0.25) is 0 Å². The molecule has 0 saturated heterocycles. The first-order valence-corrected chi connectivity index (χ1v) is 17.5. The van der Waals surface area contributed by atoms with Gasteiger partial charge in [0.05, 0.1) is 22.6 Å². The van der Waals surface area contributed by atoms with Gasteiger partial charge in [0.25, 0.3) is 0 Å². The van der Waals surface area contributed by atoms with Crippen molar-refractivity contribution in [1.29, 1.82) is 0 Å². The molecule has 0 amide bonds. The molecule has 2 aliphatic carbocycles. The summed E-state index contributed by atoms with van der Waals surface area (Å²) in [5, 5.41) is 0. The highest BCUT2D eigenvalue weighted by molar-refractivity contribution is 7.89. The van der Waals surface area contributed by atoms with E-state index in [0.717, 1.165) is 24.3 Å². The average Bonchev–Trinajstić information content (AvgIpc) is 3.73. The minimum Gasteiger partial charge on any atom is -0.228 e. The molecular weight excluding hydrogens is 672 g/mol. The third kappa shape index (κ3) is 7.66. The van der Waals surface area contributed by atoms with Crippen molar-refractivity contribution in [2.45, 2.75) is 62.4 Å². The Bertz CT molecular complexity index is 1950. The standard InChI is InChI=1S/C38H30F8O2S/c39-35-19-25(33-11-3-9-31(33)23-5-1-7-29(17-23)37(41,42)43)13-15-27(35)21-49(47,48)22-28-16-14-26(20-36(28)40)34-12-4-10-32(34)24-6-2-8-30(18-24)38(44,45)46/h1-2,5-8,13-20H,3-4,9-12,21-22H2. The maximum Gasteiger partial charge on any atom is 0.416 e. The Balaban J connectivity index is 1.20. The Morgan fingerprint density at radius 2 is 0.837 bits per heavy atom. The molecule has 6 rings (SSSR count). The molecular formula is C38H30F8O2S. The summed E-state index contributed by atoms with van der Waals surface area (Å²) >= 11 is 0. The van der Waals surface area contributed by atoms with Crippen molar-refractivity contribution in [3.8, 4) is 0 Å². The molecule has 0 aliphatic heterocycles. The number of rotatable bonds is 8. The van der Waals surface area contributed by atoms with Gasteiger partial charge in [-0.3, -0.25) is 0 Å². The predicted octanol–water partition coefficient (Wildman–Crippen LogP) is 11.3. The maximum atomic E-state index is 15.3. The maximum absolute atomic E-state index is 15.3. The molecule has 256 valence electrons. The minimum atomic E-state index is -4.51. The summed E-state index contributed by atoms with van der Waals surface area (Å²) in [5.41, 5.74) is 2.66. The first-order chi connectivity index (χ1) is 23.1. The minimum absolute atomic E-state index is 0.123. The molecule has 4 aromatic rings. The van der Waals surface area contributed by atoms with Crippen LogP contribution in [0.1, 0.15) is 83.0 Å². The second-order valence-electron chi connectivity index (χ2n) is 12.4. The number of sulfone groups is 1. The lowest BCUT2D eigenvalue weighted by molar-refractivity contribution is -0.138. The van der Waals surface area contributed by atoms with Gasteiger partial charge >= 0.3 is 12.4 Å². The van der Waals surface area contributed by atoms with Crippen LogP contribution < -0.4 is 0 Å². The number of halogens is 8. The zero-order valence-electron chi connectivity index (χ0n) is 26.0. The number of hydrogen-bond donors (Lipinski definition) is 0. The highest BCUT2D eigenvalue weighted by atomic mass is 32.2. The first kappa shape index (κ1) is 34.6. The summed E-state index contributed by atoms with van der Waals surface area (Å²) in [5.74, 6) is -3.00. The lowest BCUT2D eigenvalue weighted by Gasteiger charge is -2.14. The van der Waals surface area contributed by atoms with E-state index >= 15 is 8.78 Å². The zero-order valence-corrected chi connectivity index (χ0v) is 26.8. The Labute approximate surface area is 278 Å². The molecule has 0 radical (unpaired) electrons. The molecule has 0 spiro atoms. The van der Waals surface area contributed by atoms with Gasteiger partial charge < -0.3 is 0 Å². The smallest absolute Gasteiger partial charge is 0.228 e. The third-order valence-corrected chi connectivity index (χ3v) is 10.6. The van der Waals surface area contributed by atoms with Crippen molar-refractivity contribution >= 4 is 32.1 Å². The molecule has 2 aliphatic rings. The van der Waals surface area contributed by atoms with Crippen LogP contribution >= 0.6 is 0 Å². The first-order valence-electron chi connectivity index (χ1n) is 15.7. The summed E-state index contributed by atoms with van der Waals surface area (Å²) in [7, 11) is -4.06. The topological polar surface area (TPSA) is 34.1 Å². The number of allylic oxidation sites excluding steroid dienone is 4. The highest BCUT2D eigenvalue weighted by Gasteiger charge is 2.32. The van der Waals surface area contributed by atoms with Crippen molar-refractivity contribution < 1.29 is 43.5 Å². The van der Waals surface area contributed by atoms with Gasteiger partial charge in [-0.25, -0.2) is 17.2 Å². The SMILES string of the molecule is O=S(=O)(Cc1ccc(C2=C(c3cccc(C(F)(F)F)c3)CCC2)cc1F)Cc1ccc(C2=C(c3cccc(C(F)(F)F)c3)CCC2)cc1F. The van der Waals surface area contributed by atoms with Gasteiger partial charge in [0, 0.05) is 11.1 Å². The van der Waals surface area contributed by atoms with E-state index < -0.39 is 56.5 Å². The molecule has 0 saturated carbocycles. The van der Waals surface area contributed by atoms with Crippen molar-refractivity contribution in [3.05, 3.63) is 141 Å². The molecule has 11 heteroatoms.